The first-order chi connectivity index (χ1) is 10.3. The predicted molar refractivity (Wildman–Crippen MR) is 86.3 cm³/mol. The molecule has 1 heterocycles. The van der Waals surface area contributed by atoms with Crippen LogP contribution < -0.4 is 4.90 Å². The maximum atomic E-state index is 12.1. The van der Waals surface area contributed by atoms with Gasteiger partial charge in [0.15, 0.2) is 0 Å². The molecule has 21 heavy (non-hydrogen) atoms. The molecule has 0 aliphatic heterocycles. The third-order valence-corrected chi connectivity index (χ3v) is 3.62. The van der Waals surface area contributed by atoms with Crippen LogP contribution in [-0.4, -0.2) is 17.9 Å². The highest BCUT2D eigenvalue weighted by Gasteiger charge is 2.09. The Hall–Kier alpha value is -2.16. The molecular formula is C18H22N2O. The summed E-state index contributed by atoms with van der Waals surface area (Å²) in [5.74, 6) is 0.168. The fraction of sp³-hybridized carbons (Fsp3) is 0.333. The summed E-state index contributed by atoms with van der Waals surface area (Å²) in [6.07, 6.45) is 8.28. The van der Waals surface area contributed by atoms with Crippen molar-refractivity contribution in [2.24, 2.45) is 0 Å². The Labute approximate surface area is 126 Å². The summed E-state index contributed by atoms with van der Waals surface area (Å²) in [6.45, 7) is 0. The van der Waals surface area contributed by atoms with Crippen LogP contribution in [0.3, 0.4) is 0 Å². The molecule has 0 N–H and O–H groups in total. The number of unbranched alkanes of at least 4 members (excludes halogenated alkanes) is 2. The molecule has 0 radical (unpaired) electrons. The van der Waals surface area contributed by atoms with E-state index in [1.165, 1.54) is 5.56 Å². The molecular weight excluding hydrogens is 260 g/mol. The van der Waals surface area contributed by atoms with Crippen LogP contribution in [0, 0.1) is 0 Å². The number of aryl methyl sites for hydroxylation is 1. The van der Waals surface area contributed by atoms with Crippen molar-refractivity contribution in [2.45, 2.75) is 32.1 Å². The van der Waals surface area contributed by atoms with Gasteiger partial charge in [-0.3, -0.25) is 9.78 Å². The molecule has 0 atom stereocenters. The molecule has 0 aliphatic carbocycles. The van der Waals surface area contributed by atoms with E-state index in [0.29, 0.717) is 6.42 Å². The summed E-state index contributed by atoms with van der Waals surface area (Å²) in [7, 11) is 1.82. The fourth-order valence-corrected chi connectivity index (χ4v) is 2.31. The highest BCUT2D eigenvalue weighted by Crippen LogP contribution is 2.13. The lowest BCUT2D eigenvalue weighted by Crippen LogP contribution is -2.25. The third kappa shape index (κ3) is 5.03. The number of rotatable bonds is 7. The first kappa shape index (κ1) is 15.2. The molecule has 1 aromatic heterocycles. The molecule has 0 spiro atoms. The number of aromatic nitrogens is 1. The van der Waals surface area contributed by atoms with Crippen molar-refractivity contribution in [3.05, 3.63) is 60.4 Å². The zero-order valence-corrected chi connectivity index (χ0v) is 12.5. The molecule has 0 aliphatic rings. The molecule has 110 valence electrons. The van der Waals surface area contributed by atoms with E-state index < -0.39 is 0 Å². The number of nitrogens with zero attached hydrogens (tertiary/aromatic N) is 2. The van der Waals surface area contributed by atoms with Crippen LogP contribution in [0.15, 0.2) is 54.9 Å². The van der Waals surface area contributed by atoms with E-state index in [0.717, 1.165) is 31.4 Å². The molecule has 0 saturated heterocycles. The molecule has 0 bridgehead atoms. The van der Waals surface area contributed by atoms with Gasteiger partial charge in [0.25, 0.3) is 0 Å². The Morgan fingerprint density at radius 1 is 1.00 bits per heavy atom. The molecule has 2 rings (SSSR count). The van der Waals surface area contributed by atoms with Crippen LogP contribution in [0.5, 0.6) is 0 Å². The largest absolute Gasteiger partial charge is 0.315 e. The lowest BCUT2D eigenvalue weighted by atomic mass is 10.1. The van der Waals surface area contributed by atoms with Crippen LogP contribution in [0.1, 0.15) is 31.2 Å². The first-order valence-corrected chi connectivity index (χ1v) is 7.48. The smallest absolute Gasteiger partial charge is 0.226 e. The van der Waals surface area contributed by atoms with Gasteiger partial charge in [0.05, 0.1) is 0 Å². The minimum atomic E-state index is 0.168. The van der Waals surface area contributed by atoms with Crippen LogP contribution in [-0.2, 0) is 11.2 Å². The van der Waals surface area contributed by atoms with Gasteiger partial charge in [0, 0.05) is 31.5 Å². The minimum Gasteiger partial charge on any atom is -0.315 e. The minimum absolute atomic E-state index is 0.168. The van der Waals surface area contributed by atoms with Crippen molar-refractivity contribution in [1.29, 1.82) is 0 Å². The van der Waals surface area contributed by atoms with E-state index in [9.17, 15) is 4.79 Å². The molecule has 0 unspecified atom stereocenters. The second-order valence-corrected chi connectivity index (χ2v) is 5.20. The molecule has 0 fully saturated rings. The molecule has 2 aromatic rings. The van der Waals surface area contributed by atoms with Gasteiger partial charge in [-0.2, -0.15) is 0 Å². The van der Waals surface area contributed by atoms with Crippen molar-refractivity contribution in [3.8, 4) is 0 Å². The maximum Gasteiger partial charge on any atom is 0.226 e. The number of pyridine rings is 1. The SMILES string of the molecule is CN(C(=O)CCCCCc1ccccc1)c1ccncc1. The Bertz CT molecular complexity index is 540. The number of carbonyl (C=O) groups excluding carboxylic acids is 1. The Morgan fingerprint density at radius 2 is 1.71 bits per heavy atom. The van der Waals surface area contributed by atoms with E-state index in [1.54, 1.807) is 17.3 Å². The van der Waals surface area contributed by atoms with Crippen molar-refractivity contribution in [2.75, 3.05) is 11.9 Å². The van der Waals surface area contributed by atoms with E-state index in [1.807, 2.05) is 25.2 Å². The molecule has 1 amide bonds. The zero-order valence-electron chi connectivity index (χ0n) is 12.5. The van der Waals surface area contributed by atoms with Gasteiger partial charge in [-0.25, -0.2) is 0 Å². The highest BCUT2D eigenvalue weighted by atomic mass is 16.2. The van der Waals surface area contributed by atoms with Crippen LogP contribution in [0.4, 0.5) is 5.69 Å². The third-order valence-electron chi connectivity index (χ3n) is 3.62. The van der Waals surface area contributed by atoms with Gasteiger partial charge in [-0.1, -0.05) is 36.8 Å². The first-order valence-electron chi connectivity index (χ1n) is 7.48. The average molecular weight is 282 g/mol. The summed E-state index contributed by atoms with van der Waals surface area (Å²) >= 11 is 0. The number of amides is 1. The summed E-state index contributed by atoms with van der Waals surface area (Å²) in [5, 5.41) is 0. The topological polar surface area (TPSA) is 33.2 Å². The zero-order chi connectivity index (χ0) is 14.9. The Balaban J connectivity index is 1.65. The number of hydrogen-bond acceptors (Lipinski definition) is 2. The monoisotopic (exact) mass is 282 g/mol. The quantitative estimate of drug-likeness (QED) is 0.723. The summed E-state index contributed by atoms with van der Waals surface area (Å²) in [4.78, 5) is 17.8. The van der Waals surface area contributed by atoms with Gasteiger partial charge < -0.3 is 4.90 Å². The van der Waals surface area contributed by atoms with E-state index >= 15 is 0 Å². The van der Waals surface area contributed by atoms with Gasteiger partial charge in [-0.05, 0) is 37.0 Å². The van der Waals surface area contributed by atoms with Crippen molar-refractivity contribution >= 4 is 11.6 Å². The molecule has 0 saturated carbocycles. The number of anilines is 1. The maximum absolute atomic E-state index is 12.1. The standard InChI is InChI=1S/C18H22N2O/c1-20(17-12-14-19-15-13-17)18(21)11-7-3-6-10-16-8-4-2-5-9-16/h2,4-5,8-9,12-15H,3,6-7,10-11H2,1H3. The Kier molecular flexibility index (Phi) is 5.95. The van der Waals surface area contributed by atoms with E-state index in [2.05, 4.69) is 29.2 Å². The second kappa shape index (κ2) is 8.20. The van der Waals surface area contributed by atoms with Gasteiger partial charge in [0.2, 0.25) is 5.91 Å². The summed E-state index contributed by atoms with van der Waals surface area (Å²) in [6, 6.07) is 14.2. The predicted octanol–water partition coefficient (Wildman–Crippen LogP) is 3.85. The fourth-order valence-electron chi connectivity index (χ4n) is 2.31. The molecule has 3 nitrogen and oxygen atoms in total. The lowest BCUT2D eigenvalue weighted by molar-refractivity contribution is -0.118. The number of carbonyl (C=O) groups is 1. The normalized spacial score (nSPS) is 10.3. The van der Waals surface area contributed by atoms with Gasteiger partial charge in [-0.15, -0.1) is 0 Å². The molecule has 3 heteroatoms. The average Bonchev–Trinajstić information content (AvgIpc) is 2.55. The van der Waals surface area contributed by atoms with Crippen LogP contribution >= 0.6 is 0 Å². The summed E-state index contributed by atoms with van der Waals surface area (Å²) in [5.41, 5.74) is 2.28. The van der Waals surface area contributed by atoms with E-state index in [4.69, 9.17) is 0 Å². The highest BCUT2D eigenvalue weighted by molar-refractivity contribution is 5.92. The van der Waals surface area contributed by atoms with Gasteiger partial charge >= 0.3 is 0 Å². The second-order valence-electron chi connectivity index (χ2n) is 5.20. The van der Waals surface area contributed by atoms with Crippen molar-refractivity contribution in [3.63, 3.8) is 0 Å². The van der Waals surface area contributed by atoms with Crippen LogP contribution in [0.25, 0.3) is 0 Å². The Morgan fingerprint density at radius 3 is 2.43 bits per heavy atom. The van der Waals surface area contributed by atoms with Crippen LogP contribution in [0.2, 0.25) is 0 Å². The van der Waals surface area contributed by atoms with Crippen molar-refractivity contribution < 1.29 is 4.79 Å². The van der Waals surface area contributed by atoms with Crippen molar-refractivity contribution in [1.82, 2.24) is 4.98 Å². The molecule has 1 aromatic carbocycles. The van der Waals surface area contributed by atoms with Gasteiger partial charge in [0.1, 0.15) is 0 Å². The lowest BCUT2D eigenvalue weighted by Gasteiger charge is -2.16. The summed E-state index contributed by atoms with van der Waals surface area (Å²) < 4.78 is 0. The number of benzene rings is 1. The number of hydrogen-bond donors (Lipinski definition) is 0. The van der Waals surface area contributed by atoms with E-state index in [-0.39, 0.29) is 5.91 Å².